The minimum Gasteiger partial charge on any atom is -0.465 e. The van der Waals surface area contributed by atoms with E-state index in [2.05, 4.69) is 16.9 Å². The van der Waals surface area contributed by atoms with Crippen LogP contribution >= 0.6 is 22.7 Å². The van der Waals surface area contributed by atoms with E-state index in [4.69, 9.17) is 9.47 Å². The quantitative estimate of drug-likeness (QED) is 0.289. The van der Waals surface area contributed by atoms with Crippen molar-refractivity contribution in [3.8, 4) is 0 Å². The summed E-state index contributed by atoms with van der Waals surface area (Å²) in [5.41, 5.74) is 2.07. The summed E-state index contributed by atoms with van der Waals surface area (Å²) in [7, 11) is -1.68. The van der Waals surface area contributed by atoms with Gasteiger partial charge in [0.05, 0.1) is 35.6 Å². The van der Waals surface area contributed by atoms with Crippen LogP contribution < -0.4 is 10.1 Å². The van der Waals surface area contributed by atoms with Crippen molar-refractivity contribution in [2.24, 2.45) is 4.99 Å². The predicted octanol–water partition coefficient (Wildman–Crippen LogP) is 2.88. The summed E-state index contributed by atoms with van der Waals surface area (Å²) in [6, 6.07) is 4.85. The van der Waals surface area contributed by atoms with Crippen molar-refractivity contribution >= 4 is 71.5 Å². The van der Waals surface area contributed by atoms with E-state index in [1.54, 1.807) is 28.8 Å². The van der Waals surface area contributed by atoms with Crippen molar-refractivity contribution in [1.29, 1.82) is 0 Å². The molecule has 0 fully saturated rings. The van der Waals surface area contributed by atoms with Crippen LogP contribution in [0.25, 0.3) is 10.2 Å². The maximum absolute atomic E-state index is 12.7. The molecule has 0 saturated carbocycles. The van der Waals surface area contributed by atoms with E-state index in [9.17, 15) is 27.6 Å². The molecule has 2 aromatic heterocycles. The summed E-state index contributed by atoms with van der Waals surface area (Å²) in [5, 5.41) is 2.78. The Morgan fingerprint density at radius 2 is 1.80 bits per heavy atom. The highest BCUT2D eigenvalue weighted by Crippen LogP contribution is 2.38. The molecule has 0 radical (unpaired) electrons. The Morgan fingerprint density at radius 3 is 2.50 bits per heavy atom. The van der Waals surface area contributed by atoms with Gasteiger partial charge >= 0.3 is 11.9 Å². The average molecular weight is 606 g/mol. The van der Waals surface area contributed by atoms with Crippen molar-refractivity contribution in [1.82, 2.24) is 4.57 Å². The maximum Gasteiger partial charge on any atom is 0.341 e. The van der Waals surface area contributed by atoms with Crippen molar-refractivity contribution in [3.63, 3.8) is 0 Å². The zero-order valence-corrected chi connectivity index (χ0v) is 24.3. The maximum atomic E-state index is 12.7. The molecule has 0 unspecified atom stereocenters. The van der Waals surface area contributed by atoms with Crippen molar-refractivity contribution in [2.75, 3.05) is 31.0 Å². The smallest absolute Gasteiger partial charge is 0.341 e. The fourth-order valence-electron chi connectivity index (χ4n) is 4.42. The standard InChI is InChI=1S/C26H27N3O8S3/c1-4-11-29-17-10-9-15(24(32)36-2)12-19(17)39-26(29)28-21(31)14-40(34,35)13-20(30)27-23-22(25(33)37-3)16-7-5-6-8-18(16)38-23/h4,9-10,12H,1,5-8,11,13-14H2,2-3H3,(H,27,30). The SMILES string of the molecule is C=CCn1c(=NC(=O)CS(=O)(=O)CC(=O)Nc2sc3c(c2C(=O)OC)CCCC3)sc2cc(C(=O)OC)ccc21. The number of ether oxygens (including phenoxy) is 2. The summed E-state index contributed by atoms with van der Waals surface area (Å²) in [6.45, 7) is 3.99. The molecule has 0 atom stereocenters. The molecule has 0 aliphatic heterocycles. The van der Waals surface area contributed by atoms with Gasteiger partial charge in [0.1, 0.15) is 16.5 Å². The monoisotopic (exact) mass is 605 g/mol. The largest absolute Gasteiger partial charge is 0.465 e. The van der Waals surface area contributed by atoms with Crippen molar-refractivity contribution < 1.29 is 37.1 Å². The average Bonchev–Trinajstić information content (AvgIpc) is 3.43. The number of amides is 2. The Hall–Kier alpha value is -3.62. The number of nitrogens with zero attached hydrogens (tertiary/aromatic N) is 2. The lowest BCUT2D eigenvalue weighted by atomic mass is 9.95. The first kappa shape index (κ1) is 29.4. The molecule has 3 aromatic rings. The van der Waals surface area contributed by atoms with Gasteiger partial charge in [-0.2, -0.15) is 4.99 Å². The van der Waals surface area contributed by atoms with E-state index >= 15 is 0 Å². The number of fused-ring (bicyclic) bond motifs is 2. The number of aromatic nitrogens is 1. The van der Waals surface area contributed by atoms with Crippen molar-refractivity contribution in [2.45, 2.75) is 32.2 Å². The number of benzene rings is 1. The number of hydrogen-bond donors (Lipinski definition) is 1. The Balaban J connectivity index is 1.53. The van der Waals surface area contributed by atoms with Gasteiger partial charge in [-0.05, 0) is 49.4 Å². The van der Waals surface area contributed by atoms with Crippen LogP contribution in [0.5, 0.6) is 0 Å². The van der Waals surface area contributed by atoms with Crippen LogP contribution in [0, 0.1) is 0 Å². The lowest BCUT2D eigenvalue weighted by Crippen LogP contribution is -2.28. The highest BCUT2D eigenvalue weighted by molar-refractivity contribution is 7.92. The lowest BCUT2D eigenvalue weighted by molar-refractivity contribution is -0.115. The molecule has 1 aromatic carbocycles. The zero-order chi connectivity index (χ0) is 29.0. The van der Waals surface area contributed by atoms with Gasteiger partial charge in [0.25, 0.3) is 5.91 Å². The first-order chi connectivity index (χ1) is 19.1. The number of sulfone groups is 1. The summed E-state index contributed by atoms with van der Waals surface area (Å²) in [6.07, 6.45) is 4.90. The third-order valence-corrected chi connectivity index (χ3v) is 9.78. The van der Waals surface area contributed by atoms with Crippen LogP contribution in [-0.2, 0) is 48.3 Å². The number of rotatable bonds is 9. The zero-order valence-electron chi connectivity index (χ0n) is 21.9. The highest BCUT2D eigenvalue weighted by atomic mass is 32.2. The van der Waals surface area contributed by atoms with Crippen LogP contribution in [-0.4, -0.2) is 62.5 Å². The normalized spacial score (nSPS) is 13.5. The number of carbonyl (C=O) groups is 4. The number of allylic oxidation sites excluding steroid dienone is 1. The number of hydrogen-bond acceptors (Lipinski definition) is 10. The molecule has 0 saturated heterocycles. The van der Waals surface area contributed by atoms with Crippen LogP contribution in [0.2, 0.25) is 0 Å². The number of esters is 2. The highest BCUT2D eigenvalue weighted by Gasteiger charge is 2.28. The molecule has 0 spiro atoms. The second-order valence-corrected chi connectivity index (χ2v) is 13.1. The third kappa shape index (κ3) is 6.40. The summed E-state index contributed by atoms with van der Waals surface area (Å²) >= 11 is 2.34. The molecule has 1 aliphatic carbocycles. The van der Waals surface area contributed by atoms with Gasteiger partial charge in [-0.15, -0.1) is 17.9 Å². The minimum absolute atomic E-state index is 0.216. The number of methoxy groups -OCH3 is 2. The van der Waals surface area contributed by atoms with Gasteiger partial charge in [-0.1, -0.05) is 17.4 Å². The van der Waals surface area contributed by atoms with Gasteiger partial charge in [0.15, 0.2) is 14.6 Å². The van der Waals surface area contributed by atoms with Crippen LogP contribution in [0.4, 0.5) is 5.00 Å². The number of thiazole rings is 1. The van der Waals surface area contributed by atoms with E-state index < -0.39 is 45.1 Å². The molecule has 1 aliphatic rings. The molecule has 2 heterocycles. The van der Waals surface area contributed by atoms with Gasteiger partial charge in [-0.25, -0.2) is 18.0 Å². The fraction of sp³-hybridized carbons (Fsp3) is 0.346. The second-order valence-electron chi connectivity index (χ2n) is 8.95. The van der Waals surface area contributed by atoms with Gasteiger partial charge in [0, 0.05) is 11.4 Å². The molecular weight excluding hydrogens is 579 g/mol. The minimum atomic E-state index is -4.19. The molecule has 1 N–H and O–H groups in total. The van der Waals surface area contributed by atoms with E-state index in [0.29, 0.717) is 22.2 Å². The molecule has 14 heteroatoms. The van der Waals surface area contributed by atoms with Crippen LogP contribution in [0.15, 0.2) is 35.8 Å². The first-order valence-electron chi connectivity index (χ1n) is 12.2. The van der Waals surface area contributed by atoms with Crippen LogP contribution in [0.1, 0.15) is 44.0 Å². The fourth-order valence-corrected chi connectivity index (χ4v) is 7.83. The van der Waals surface area contributed by atoms with Gasteiger partial charge < -0.3 is 19.4 Å². The Labute approximate surface area is 238 Å². The molecule has 212 valence electrons. The third-order valence-electron chi connectivity index (χ3n) is 6.14. The van der Waals surface area contributed by atoms with E-state index in [1.807, 2.05) is 0 Å². The van der Waals surface area contributed by atoms with E-state index in [0.717, 1.165) is 41.0 Å². The summed E-state index contributed by atoms with van der Waals surface area (Å²) < 4.78 is 37.4. The first-order valence-corrected chi connectivity index (χ1v) is 15.7. The predicted molar refractivity (Wildman–Crippen MR) is 152 cm³/mol. The summed E-state index contributed by atoms with van der Waals surface area (Å²) in [4.78, 5) is 54.8. The van der Waals surface area contributed by atoms with Gasteiger partial charge in [-0.3, -0.25) is 9.59 Å². The van der Waals surface area contributed by atoms with E-state index in [1.165, 1.54) is 25.6 Å². The molecule has 4 rings (SSSR count). The second kappa shape index (κ2) is 12.3. The van der Waals surface area contributed by atoms with Crippen LogP contribution in [0.3, 0.4) is 0 Å². The lowest BCUT2D eigenvalue weighted by Gasteiger charge is -2.11. The summed E-state index contributed by atoms with van der Waals surface area (Å²) in [5.74, 6) is -4.88. The number of thiophene rings is 1. The Kier molecular flexibility index (Phi) is 9.01. The number of aryl methyl sites for hydroxylation is 1. The van der Waals surface area contributed by atoms with E-state index in [-0.39, 0.29) is 21.9 Å². The Morgan fingerprint density at radius 1 is 1.07 bits per heavy atom. The molecule has 40 heavy (non-hydrogen) atoms. The number of carbonyl (C=O) groups excluding carboxylic acids is 4. The molecule has 11 nitrogen and oxygen atoms in total. The molecule has 0 bridgehead atoms. The Bertz CT molecular complexity index is 1700. The number of anilines is 1. The van der Waals surface area contributed by atoms with Crippen molar-refractivity contribution in [3.05, 3.63) is 57.2 Å². The number of nitrogens with one attached hydrogen (secondary N) is 1. The van der Waals surface area contributed by atoms with Gasteiger partial charge in [0.2, 0.25) is 5.91 Å². The molecular formula is C26H27N3O8S3. The topological polar surface area (TPSA) is 150 Å². The molecule has 2 amide bonds.